The summed E-state index contributed by atoms with van der Waals surface area (Å²) in [7, 11) is 0. The highest BCUT2D eigenvalue weighted by Gasteiger charge is 2.11. The lowest BCUT2D eigenvalue weighted by atomic mass is 10.1. The molecule has 0 spiro atoms. The Balaban J connectivity index is 1.87. The number of benzene rings is 1. The van der Waals surface area contributed by atoms with E-state index < -0.39 is 0 Å². The average Bonchev–Trinajstić information content (AvgIpc) is 2.84. The number of aryl methyl sites for hydroxylation is 1. The number of thioether (sulfide) groups is 1. The average molecular weight is 264 g/mol. The number of rotatable bonds is 3. The standard InChI is InChI=1S/C13H16N2O2S/c1-9-4-3-5-11(10(9)2)17-8-12(16)15-13-14-6-7-18-13/h3-5H,6-8H2,1-2H3,(H,14,15,16). The van der Waals surface area contributed by atoms with Crippen LogP contribution in [0.2, 0.25) is 0 Å². The Morgan fingerprint density at radius 3 is 3.06 bits per heavy atom. The predicted octanol–water partition coefficient (Wildman–Crippen LogP) is 1.90. The molecule has 1 aromatic carbocycles. The largest absolute Gasteiger partial charge is 0.483 e. The molecule has 0 unspecified atom stereocenters. The maximum atomic E-state index is 11.6. The Morgan fingerprint density at radius 1 is 1.50 bits per heavy atom. The lowest BCUT2D eigenvalue weighted by molar-refractivity contribution is -0.121. The van der Waals surface area contributed by atoms with Crippen molar-refractivity contribution in [1.29, 1.82) is 0 Å². The van der Waals surface area contributed by atoms with Crippen molar-refractivity contribution in [3.8, 4) is 5.75 Å². The summed E-state index contributed by atoms with van der Waals surface area (Å²) in [5, 5.41) is 3.43. The van der Waals surface area contributed by atoms with E-state index in [-0.39, 0.29) is 12.5 Å². The molecule has 0 radical (unpaired) electrons. The Kier molecular flexibility index (Phi) is 4.25. The van der Waals surface area contributed by atoms with Gasteiger partial charge in [0.25, 0.3) is 5.91 Å². The quantitative estimate of drug-likeness (QED) is 0.907. The van der Waals surface area contributed by atoms with Crippen molar-refractivity contribution in [2.24, 2.45) is 4.99 Å². The van der Waals surface area contributed by atoms with Gasteiger partial charge in [0.05, 0.1) is 6.54 Å². The van der Waals surface area contributed by atoms with Gasteiger partial charge in [-0.3, -0.25) is 9.79 Å². The highest BCUT2D eigenvalue weighted by molar-refractivity contribution is 8.14. The molecule has 1 aromatic rings. The van der Waals surface area contributed by atoms with Gasteiger partial charge in [-0.2, -0.15) is 0 Å². The number of nitrogens with one attached hydrogen (secondary N) is 1. The molecule has 0 saturated heterocycles. The van der Waals surface area contributed by atoms with Gasteiger partial charge in [0.2, 0.25) is 0 Å². The first-order chi connectivity index (χ1) is 8.66. The summed E-state index contributed by atoms with van der Waals surface area (Å²) >= 11 is 1.56. The minimum Gasteiger partial charge on any atom is -0.483 e. The highest BCUT2D eigenvalue weighted by atomic mass is 32.2. The van der Waals surface area contributed by atoms with Crippen LogP contribution < -0.4 is 10.1 Å². The monoisotopic (exact) mass is 264 g/mol. The topological polar surface area (TPSA) is 50.7 Å². The molecule has 1 aliphatic rings. The zero-order valence-corrected chi connectivity index (χ0v) is 11.3. The molecule has 1 aliphatic heterocycles. The molecule has 4 nitrogen and oxygen atoms in total. The number of carbonyl (C=O) groups is 1. The summed E-state index contributed by atoms with van der Waals surface area (Å²) in [5.74, 6) is 1.53. The van der Waals surface area contributed by atoms with Gasteiger partial charge >= 0.3 is 0 Å². The Labute approximate surface area is 111 Å². The van der Waals surface area contributed by atoms with E-state index in [4.69, 9.17) is 4.74 Å². The number of hydrogen-bond acceptors (Lipinski definition) is 4. The predicted molar refractivity (Wildman–Crippen MR) is 74.3 cm³/mol. The van der Waals surface area contributed by atoms with E-state index in [9.17, 15) is 4.79 Å². The van der Waals surface area contributed by atoms with Crippen LogP contribution in [0.3, 0.4) is 0 Å². The molecular weight excluding hydrogens is 248 g/mol. The minimum absolute atomic E-state index is 0.0177. The summed E-state index contributed by atoms with van der Waals surface area (Å²) in [6, 6.07) is 5.82. The van der Waals surface area contributed by atoms with Crippen molar-refractivity contribution in [2.75, 3.05) is 18.9 Å². The molecule has 0 saturated carbocycles. The van der Waals surface area contributed by atoms with Gasteiger partial charge < -0.3 is 10.1 Å². The van der Waals surface area contributed by atoms with E-state index in [0.717, 1.165) is 29.2 Å². The summed E-state index contributed by atoms with van der Waals surface area (Å²) in [5.41, 5.74) is 2.22. The Bertz CT molecular complexity index is 486. The molecular formula is C13H16N2O2S. The van der Waals surface area contributed by atoms with E-state index >= 15 is 0 Å². The second-order valence-electron chi connectivity index (χ2n) is 4.07. The van der Waals surface area contributed by atoms with Crippen LogP contribution in [0.5, 0.6) is 5.75 Å². The molecule has 0 aliphatic carbocycles. The number of amidine groups is 1. The maximum Gasteiger partial charge on any atom is 0.263 e. The number of aliphatic imine (C=N–C) groups is 1. The summed E-state index contributed by atoms with van der Waals surface area (Å²) in [6.07, 6.45) is 0. The summed E-state index contributed by atoms with van der Waals surface area (Å²) < 4.78 is 5.51. The molecule has 2 rings (SSSR count). The van der Waals surface area contributed by atoms with Crippen LogP contribution in [-0.2, 0) is 4.79 Å². The van der Waals surface area contributed by atoms with Crippen LogP contribution in [-0.4, -0.2) is 30.0 Å². The lowest BCUT2D eigenvalue weighted by Crippen LogP contribution is -2.32. The summed E-state index contributed by atoms with van der Waals surface area (Å²) in [4.78, 5) is 15.8. The van der Waals surface area contributed by atoms with E-state index in [1.54, 1.807) is 11.8 Å². The molecule has 0 bridgehead atoms. The van der Waals surface area contributed by atoms with E-state index in [1.807, 2.05) is 32.0 Å². The van der Waals surface area contributed by atoms with Crippen molar-refractivity contribution in [3.05, 3.63) is 29.3 Å². The molecule has 96 valence electrons. The molecule has 1 amide bonds. The van der Waals surface area contributed by atoms with E-state index in [2.05, 4.69) is 10.3 Å². The van der Waals surface area contributed by atoms with Crippen LogP contribution in [0.15, 0.2) is 23.2 Å². The molecule has 0 aromatic heterocycles. The third-order valence-electron chi connectivity index (χ3n) is 2.75. The summed E-state index contributed by atoms with van der Waals surface area (Å²) in [6.45, 7) is 4.80. The second kappa shape index (κ2) is 5.91. The third-order valence-corrected chi connectivity index (χ3v) is 3.64. The number of ether oxygens (including phenoxy) is 1. The van der Waals surface area contributed by atoms with Crippen LogP contribution in [0, 0.1) is 13.8 Å². The lowest BCUT2D eigenvalue weighted by Gasteiger charge is -2.10. The highest BCUT2D eigenvalue weighted by Crippen LogP contribution is 2.20. The third kappa shape index (κ3) is 3.26. The fraction of sp³-hybridized carbons (Fsp3) is 0.385. The molecule has 0 fully saturated rings. The number of hydrogen-bond donors (Lipinski definition) is 1. The van der Waals surface area contributed by atoms with Crippen LogP contribution in [0.4, 0.5) is 0 Å². The molecule has 0 atom stereocenters. The first-order valence-electron chi connectivity index (χ1n) is 5.83. The van der Waals surface area contributed by atoms with Crippen LogP contribution >= 0.6 is 11.8 Å². The van der Waals surface area contributed by atoms with Gasteiger partial charge in [0.15, 0.2) is 11.8 Å². The fourth-order valence-corrected chi connectivity index (χ4v) is 2.33. The van der Waals surface area contributed by atoms with E-state index in [0.29, 0.717) is 5.17 Å². The van der Waals surface area contributed by atoms with Gasteiger partial charge in [0.1, 0.15) is 5.75 Å². The maximum absolute atomic E-state index is 11.6. The first kappa shape index (κ1) is 13.0. The van der Waals surface area contributed by atoms with Crippen molar-refractivity contribution in [3.63, 3.8) is 0 Å². The Morgan fingerprint density at radius 2 is 2.33 bits per heavy atom. The van der Waals surface area contributed by atoms with Crippen molar-refractivity contribution in [2.45, 2.75) is 13.8 Å². The van der Waals surface area contributed by atoms with Gasteiger partial charge in [-0.25, -0.2) is 0 Å². The second-order valence-corrected chi connectivity index (χ2v) is 5.15. The minimum atomic E-state index is -0.163. The molecule has 1 heterocycles. The molecule has 18 heavy (non-hydrogen) atoms. The van der Waals surface area contributed by atoms with Crippen molar-refractivity contribution < 1.29 is 9.53 Å². The number of nitrogens with zero attached hydrogens (tertiary/aromatic N) is 1. The zero-order valence-electron chi connectivity index (χ0n) is 10.5. The first-order valence-corrected chi connectivity index (χ1v) is 6.81. The number of carbonyl (C=O) groups excluding carboxylic acids is 1. The van der Waals surface area contributed by atoms with Gasteiger partial charge in [0, 0.05) is 5.75 Å². The zero-order chi connectivity index (χ0) is 13.0. The van der Waals surface area contributed by atoms with Crippen LogP contribution in [0.1, 0.15) is 11.1 Å². The van der Waals surface area contributed by atoms with Crippen molar-refractivity contribution in [1.82, 2.24) is 5.32 Å². The number of amides is 1. The van der Waals surface area contributed by atoms with Crippen molar-refractivity contribution >= 4 is 22.8 Å². The van der Waals surface area contributed by atoms with Gasteiger partial charge in [-0.1, -0.05) is 23.9 Å². The molecule has 1 N–H and O–H groups in total. The van der Waals surface area contributed by atoms with Gasteiger partial charge in [-0.15, -0.1) is 0 Å². The smallest absolute Gasteiger partial charge is 0.263 e. The molecule has 5 heteroatoms. The Hall–Kier alpha value is -1.49. The fourth-order valence-electron chi connectivity index (χ4n) is 1.59. The van der Waals surface area contributed by atoms with Crippen LogP contribution in [0.25, 0.3) is 0 Å². The van der Waals surface area contributed by atoms with Gasteiger partial charge in [-0.05, 0) is 31.0 Å². The van der Waals surface area contributed by atoms with E-state index in [1.165, 1.54) is 0 Å². The normalized spacial score (nSPS) is 14.2. The SMILES string of the molecule is Cc1cccc(OCC(=O)NC2=NCCS2)c1C.